The summed E-state index contributed by atoms with van der Waals surface area (Å²) in [5.74, 6) is 0. The molecule has 0 bridgehead atoms. The molecule has 4 nitrogen and oxygen atoms in total. The van der Waals surface area contributed by atoms with E-state index in [2.05, 4.69) is 11.8 Å². The van der Waals surface area contributed by atoms with Gasteiger partial charge in [0.25, 0.3) is 0 Å². The Morgan fingerprint density at radius 2 is 2.27 bits per heavy atom. The Labute approximate surface area is 91.4 Å². The second kappa shape index (κ2) is 4.78. The van der Waals surface area contributed by atoms with E-state index in [1.54, 1.807) is 0 Å². The van der Waals surface area contributed by atoms with Crippen molar-refractivity contribution in [2.45, 2.75) is 50.4 Å². The lowest BCUT2D eigenvalue weighted by molar-refractivity contribution is -0.0903. The van der Waals surface area contributed by atoms with Crippen molar-refractivity contribution >= 4 is 0 Å². The van der Waals surface area contributed by atoms with E-state index in [-0.39, 0.29) is 12.7 Å². The molecule has 88 valence electrons. The topological polar surface area (TPSA) is 58.7 Å². The molecule has 2 aliphatic rings. The van der Waals surface area contributed by atoms with Crippen molar-refractivity contribution < 1.29 is 9.84 Å². The van der Waals surface area contributed by atoms with Crippen LogP contribution in [0.1, 0.15) is 26.2 Å². The number of hydrogen-bond acceptors (Lipinski definition) is 4. The standard InChI is InChI=1S/C11H22N2O2/c1-8-7-15-11(6-14)5-13(8)10-3-2-9(12)4-10/h8-11,14H,2-7,12H2,1H3. The molecular weight excluding hydrogens is 192 g/mol. The molecule has 0 aromatic rings. The largest absolute Gasteiger partial charge is 0.394 e. The highest BCUT2D eigenvalue weighted by molar-refractivity contribution is 4.89. The summed E-state index contributed by atoms with van der Waals surface area (Å²) in [4.78, 5) is 2.47. The minimum absolute atomic E-state index is 0.00183. The van der Waals surface area contributed by atoms with Crippen molar-refractivity contribution in [1.82, 2.24) is 4.90 Å². The first-order valence-corrected chi connectivity index (χ1v) is 5.94. The lowest BCUT2D eigenvalue weighted by Gasteiger charge is -2.41. The molecule has 4 atom stereocenters. The van der Waals surface area contributed by atoms with Gasteiger partial charge in [0.05, 0.1) is 19.3 Å². The molecule has 2 fully saturated rings. The van der Waals surface area contributed by atoms with Crippen molar-refractivity contribution in [2.24, 2.45) is 5.73 Å². The summed E-state index contributed by atoms with van der Waals surface area (Å²) in [6.07, 6.45) is 3.43. The first-order chi connectivity index (χ1) is 7.20. The summed E-state index contributed by atoms with van der Waals surface area (Å²) in [6, 6.07) is 1.44. The van der Waals surface area contributed by atoms with Crippen LogP contribution in [-0.2, 0) is 4.74 Å². The number of nitrogens with zero attached hydrogens (tertiary/aromatic N) is 1. The van der Waals surface area contributed by atoms with Crippen LogP contribution in [0, 0.1) is 0 Å². The average Bonchev–Trinajstić information content (AvgIpc) is 2.65. The molecule has 1 aliphatic heterocycles. The summed E-state index contributed by atoms with van der Waals surface area (Å²) >= 11 is 0. The normalized spacial score (nSPS) is 43.4. The van der Waals surface area contributed by atoms with Crippen LogP contribution in [0.2, 0.25) is 0 Å². The molecule has 0 radical (unpaired) electrons. The van der Waals surface area contributed by atoms with Gasteiger partial charge in [-0.3, -0.25) is 4.90 Å². The Kier molecular flexibility index (Phi) is 3.61. The number of aliphatic hydroxyl groups is 1. The molecule has 0 aromatic heterocycles. The van der Waals surface area contributed by atoms with Crippen molar-refractivity contribution in [1.29, 1.82) is 0 Å². The van der Waals surface area contributed by atoms with Gasteiger partial charge in [-0.1, -0.05) is 0 Å². The fourth-order valence-corrected chi connectivity index (χ4v) is 2.75. The van der Waals surface area contributed by atoms with E-state index >= 15 is 0 Å². The third-order valence-corrected chi connectivity index (χ3v) is 3.67. The zero-order valence-corrected chi connectivity index (χ0v) is 9.43. The maximum absolute atomic E-state index is 9.11. The molecule has 1 heterocycles. The number of hydrogen-bond donors (Lipinski definition) is 2. The van der Waals surface area contributed by atoms with Gasteiger partial charge in [0, 0.05) is 24.7 Å². The number of rotatable bonds is 2. The van der Waals surface area contributed by atoms with Gasteiger partial charge in [0.15, 0.2) is 0 Å². The Hall–Kier alpha value is -0.160. The predicted octanol–water partition coefficient (Wildman–Crippen LogP) is -0.0522. The zero-order valence-electron chi connectivity index (χ0n) is 9.43. The summed E-state index contributed by atoms with van der Waals surface area (Å²) in [7, 11) is 0. The molecule has 2 rings (SSSR count). The second-order valence-corrected chi connectivity index (χ2v) is 4.91. The van der Waals surface area contributed by atoms with Gasteiger partial charge < -0.3 is 15.6 Å². The third kappa shape index (κ3) is 2.50. The first kappa shape index (κ1) is 11.3. The SMILES string of the molecule is CC1COC(CO)CN1C1CCC(N)C1. The summed E-state index contributed by atoms with van der Waals surface area (Å²) in [5.41, 5.74) is 5.94. The van der Waals surface area contributed by atoms with E-state index < -0.39 is 0 Å². The van der Waals surface area contributed by atoms with Gasteiger partial charge in [0.1, 0.15) is 0 Å². The fourth-order valence-electron chi connectivity index (χ4n) is 2.75. The van der Waals surface area contributed by atoms with Gasteiger partial charge >= 0.3 is 0 Å². The highest BCUT2D eigenvalue weighted by Crippen LogP contribution is 2.26. The van der Waals surface area contributed by atoms with Crippen LogP contribution in [0.15, 0.2) is 0 Å². The predicted molar refractivity (Wildman–Crippen MR) is 58.6 cm³/mol. The van der Waals surface area contributed by atoms with Crippen molar-refractivity contribution in [3.8, 4) is 0 Å². The Balaban J connectivity index is 1.93. The lowest BCUT2D eigenvalue weighted by atomic mass is 10.1. The zero-order chi connectivity index (χ0) is 10.8. The number of morpholine rings is 1. The van der Waals surface area contributed by atoms with E-state index in [0.717, 1.165) is 26.0 Å². The highest BCUT2D eigenvalue weighted by atomic mass is 16.5. The van der Waals surface area contributed by atoms with Crippen LogP contribution >= 0.6 is 0 Å². The molecule has 1 saturated carbocycles. The lowest BCUT2D eigenvalue weighted by Crippen LogP contribution is -2.53. The van der Waals surface area contributed by atoms with Gasteiger partial charge in [-0.25, -0.2) is 0 Å². The number of ether oxygens (including phenoxy) is 1. The van der Waals surface area contributed by atoms with Crippen LogP contribution in [-0.4, -0.2) is 54.0 Å². The smallest absolute Gasteiger partial charge is 0.0933 e. The molecule has 1 saturated heterocycles. The molecule has 0 spiro atoms. The molecule has 4 heteroatoms. The van der Waals surface area contributed by atoms with Crippen molar-refractivity contribution in [3.63, 3.8) is 0 Å². The van der Waals surface area contributed by atoms with Gasteiger partial charge in [-0.05, 0) is 26.2 Å². The van der Waals surface area contributed by atoms with E-state index in [9.17, 15) is 0 Å². The van der Waals surface area contributed by atoms with Gasteiger partial charge in [-0.15, -0.1) is 0 Å². The van der Waals surface area contributed by atoms with Gasteiger partial charge in [0.2, 0.25) is 0 Å². The van der Waals surface area contributed by atoms with Gasteiger partial charge in [-0.2, -0.15) is 0 Å². The maximum Gasteiger partial charge on any atom is 0.0933 e. The average molecular weight is 214 g/mol. The molecule has 15 heavy (non-hydrogen) atoms. The number of nitrogens with two attached hydrogens (primary N) is 1. The van der Waals surface area contributed by atoms with Crippen LogP contribution in [0.3, 0.4) is 0 Å². The molecule has 4 unspecified atom stereocenters. The van der Waals surface area contributed by atoms with Crippen LogP contribution < -0.4 is 5.73 Å². The molecule has 3 N–H and O–H groups in total. The minimum atomic E-state index is -0.00183. The molecule has 1 aliphatic carbocycles. The molecular formula is C11H22N2O2. The minimum Gasteiger partial charge on any atom is -0.394 e. The maximum atomic E-state index is 9.11. The summed E-state index contributed by atoms with van der Waals surface area (Å²) < 4.78 is 5.53. The quantitative estimate of drug-likeness (QED) is 0.676. The Morgan fingerprint density at radius 3 is 2.87 bits per heavy atom. The van der Waals surface area contributed by atoms with E-state index in [0.29, 0.717) is 18.1 Å². The van der Waals surface area contributed by atoms with Crippen molar-refractivity contribution in [2.75, 3.05) is 19.8 Å². The van der Waals surface area contributed by atoms with E-state index in [1.807, 2.05) is 0 Å². The Morgan fingerprint density at radius 1 is 1.47 bits per heavy atom. The first-order valence-electron chi connectivity index (χ1n) is 5.94. The summed E-state index contributed by atoms with van der Waals surface area (Å²) in [5, 5.41) is 9.11. The summed E-state index contributed by atoms with van der Waals surface area (Å²) in [6.45, 7) is 3.91. The highest BCUT2D eigenvalue weighted by Gasteiger charge is 2.34. The number of aliphatic hydroxyl groups excluding tert-OH is 1. The molecule has 0 aromatic carbocycles. The molecule has 0 amide bonds. The Bertz CT molecular complexity index is 213. The van der Waals surface area contributed by atoms with Crippen LogP contribution in [0.4, 0.5) is 0 Å². The van der Waals surface area contributed by atoms with Crippen molar-refractivity contribution in [3.05, 3.63) is 0 Å². The second-order valence-electron chi connectivity index (χ2n) is 4.91. The third-order valence-electron chi connectivity index (χ3n) is 3.67. The van der Waals surface area contributed by atoms with E-state index in [1.165, 1.54) is 6.42 Å². The van der Waals surface area contributed by atoms with E-state index in [4.69, 9.17) is 15.6 Å². The monoisotopic (exact) mass is 214 g/mol. The fraction of sp³-hybridized carbons (Fsp3) is 1.00. The van der Waals surface area contributed by atoms with Crippen LogP contribution in [0.25, 0.3) is 0 Å². The van der Waals surface area contributed by atoms with Crippen LogP contribution in [0.5, 0.6) is 0 Å².